The lowest BCUT2D eigenvalue weighted by molar-refractivity contribution is -0.142. The highest BCUT2D eigenvalue weighted by Crippen LogP contribution is 2.48. The standard InChI is InChI=1S/C36H38N4O6/c1-8-19-16(3)23-12-24-17(4)21(10-11-29(42)45-6)33(39-24)31-32(36(44)46-7)35(43)30-18(5)25(40-34(30)31)13-27-20(9-2)22(15-41)28(38-27)14-26(19)37-23/h8,12-15,17,21,32,37-40H,1,9-11H2,2-7H3/b24-12+,27-13-,28-14-,33-31-/t17-,21-,32+/m0/s1. The van der Waals surface area contributed by atoms with Crippen LogP contribution in [-0.2, 0) is 25.5 Å². The van der Waals surface area contributed by atoms with Gasteiger partial charge in [-0.15, -0.1) is 0 Å². The summed E-state index contributed by atoms with van der Waals surface area (Å²) in [6.07, 6.45) is 9.73. The van der Waals surface area contributed by atoms with Gasteiger partial charge in [-0.2, -0.15) is 0 Å². The Kier molecular flexibility index (Phi) is 7.83. The lowest BCUT2D eigenvalue weighted by Gasteiger charge is -2.19. The van der Waals surface area contributed by atoms with Crippen molar-refractivity contribution in [3.05, 3.63) is 84.8 Å². The number of ether oxygens (including phenoxy) is 2. The number of hydrogen-bond acceptors (Lipinski definition) is 7. The first-order valence-electron chi connectivity index (χ1n) is 15.5. The largest absolute Gasteiger partial charge is 0.469 e. The van der Waals surface area contributed by atoms with Crippen molar-refractivity contribution in [2.45, 2.75) is 47.0 Å². The van der Waals surface area contributed by atoms with E-state index in [0.29, 0.717) is 57.5 Å². The fourth-order valence-electron chi connectivity index (χ4n) is 7.32. The lowest BCUT2D eigenvalue weighted by Crippen LogP contribution is -2.25. The van der Waals surface area contributed by atoms with Gasteiger partial charge in [-0.1, -0.05) is 26.5 Å². The Labute approximate surface area is 266 Å². The molecular formula is C36H38N4O6. The molecule has 6 rings (SSSR count). The van der Waals surface area contributed by atoms with Crippen LogP contribution in [0.4, 0.5) is 0 Å². The van der Waals surface area contributed by atoms with Gasteiger partial charge in [0.1, 0.15) is 5.92 Å². The van der Waals surface area contributed by atoms with Gasteiger partial charge in [-0.05, 0) is 61.6 Å². The number of aromatic amines is 3. The number of hydrogen-bond donors (Lipinski definition) is 4. The van der Waals surface area contributed by atoms with Crippen molar-refractivity contribution in [3.8, 4) is 0 Å². The van der Waals surface area contributed by atoms with Crippen molar-refractivity contribution in [1.82, 2.24) is 20.3 Å². The van der Waals surface area contributed by atoms with Crippen LogP contribution in [0.3, 0.4) is 0 Å². The smallest absolute Gasteiger partial charge is 0.321 e. The zero-order chi connectivity index (χ0) is 33.0. The van der Waals surface area contributed by atoms with E-state index >= 15 is 0 Å². The maximum absolute atomic E-state index is 14.1. The molecule has 0 spiro atoms. The number of carbonyl (C=O) groups is 4. The molecule has 0 amide bonds. The van der Waals surface area contributed by atoms with Crippen molar-refractivity contribution in [3.63, 3.8) is 0 Å². The molecule has 1 saturated heterocycles. The van der Waals surface area contributed by atoms with Gasteiger partial charge in [-0.3, -0.25) is 19.2 Å². The molecular weight excluding hydrogens is 584 g/mol. The average molecular weight is 623 g/mol. The van der Waals surface area contributed by atoms with Crippen molar-refractivity contribution >= 4 is 53.9 Å². The molecule has 10 nitrogen and oxygen atoms in total. The second kappa shape index (κ2) is 11.7. The van der Waals surface area contributed by atoms with Crippen molar-refractivity contribution in [2.24, 2.45) is 17.8 Å². The second-order valence-corrected chi connectivity index (χ2v) is 12.1. The molecule has 4 N–H and O–H groups in total. The average Bonchev–Trinajstić information content (AvgIpc) is 3.79. The van der Waals surface area contributed by atoms with Crippen LogP contribution in [0.2, 0.25) is 0 Å². The summed E-state index contributed by atoms with van der Waals surface area (Å²) in [7, 11) is 2.64. The van der Waals surface area contributed by atoms with Gasteiger partial charge in [0, 0.05) is 74.3 Å². The molecule has 5 heterocycles. The number of allylic oxidation sites excluding steroid dienone is 2. The van der Waals surface area contributed by atoms with E-state index in [9.17, 15) is 19.2 Å². The van der Waals surface area contributed by atoms with Gasteiger partial charge in [0.25, 0.3) is 0 Å². The van der Waals surface area contributed by atoms with Crippen LogP contribution in [0.25, 0.3) is 29.9 Å². The Morgan fingerprint density at radius 3 is 2.33 bits per heavy atom. The summed E-state index contributed by atoms with van der Waals surface area (Å²) in [6.45, 7) is 12.0. The van der Waals surface area contributed by atoms with Gasteiger partial charge in [0.05, 0.1) is 25.3 Å². The first-order valence-corrected chi connectivity index (χ1v) is 15.5. The molecule has 8 bridgehead atoms. The predicted octanol–water partition coefficient (Wildman–Crippen LogP) is 3.82. The summed E-state index contributed by atoms with van der Waals surface area (Å²) in [6, 6.07) is 0. The lowest BCUT2D eigenvalue weighted by atomic mass is 9.85. The van der Waals surface area contributed by atoms with Crippen molar-refractivity contribution in [2.75, 3.05) is 14.2 Å². The Hall–Kier alpha value is -5.12. The Morgan fingerprint density at radius 2 is 1.67 bits per heavy atom. The molecule has 46 heavy (non-hydrogen) atoms. The van der Waals surface area contributed by atoms with Crippen LogP contribution in [0.15, 0.2) is 18.0 Å². The minimum absolute atomic E-state index is 0.107. The van der Waals surface area contributed by atoms with E-state index in [1.165, 1.54) is 14.2 Å². The minimum Gasteiger partial charge on any atom is -0.469 e. The third-order valence-corrected chi connectivity index (χ3v) is 9.84. The Bertz CT molecular complexity index is 2030. The van der Waals surface area contributed by atoms with E-state index in [-0.39, 0.29) is 30.0 Å². The van der Waals surface area contributed by atoms with Crippen LogP contribution in [-0.4, -0.2) is 53.2 Å². The number of aromatic nitrogens is 3. The summed E-state index contributed by atoms with van der Waals surface area (Å²) < 4.78 is 10.1. The minimum atomic E-state index is -1.17. The summed E-state index contributed by atoms with van der Waals surface area (Å²) in [5, 5.41) is 4.99. The normalized spacial score (nSPS) is 23.8. The quantitative estimate of drug-likeness (QED) is 0.178. The van der Waals surface area contributed by atoms with Gasteiger partial charge >= 0.3 is 11.9 Å². The molecule has 3 aromatic rings. The van der Waals surface area contributed by atoms with E-state index in [1.54, 1.807) is 6.08 Å². The number of nitrogens with one attached hydrogen (secondary N) is 4. The molecule has 3 aliphatic rings. The maximum Gasteiger partial charge on any atom is 0.321 e. The number of H-pyrrole nitrogens is 3. The van der Waals surface area contributed by atoms with Crippen LogP contribution >= 0.6 is 0 Å². The highest BCUT2D eigenvalue weighted by Gasteiger charge is 2.48. The number of carbonyl (C=O) groups excluding carboxylic acids is 4. The third kappa shape index (κ3) is 4.62. The molecule has 10 heteroatoms. The van der Waals surface area contributed by atoms with E-state index in [2.05, 4.69) is 33.8 Å². The topological polar surface area (TPSA) is 146 Å². The highest BCUT2D eigenvalue weighted by molar-refractivity contribution is 6.24. The summed E-state index contributed by atoms with van der Waals surface area (Å²) in [5.41, 5.74) is 9.35. The fourth-order valence-corrected chi connectivity index (χ4v) is 7.32. The van der Waals surface area contributed by atoms with E-state index in [1.807, 2.05) is 39.0 Å². The SMILES string of the molecule is C=Cc1c2[nH]c(c1C)/C=C1/N/C(=C3\c4[nH]c(c(C)c4C(=O)[C@@H]3C(=O)OC)/C=c3\[nH]/c(c(C=O)c3CC)=C\2)[C@@H](CCC(=O)OC)[C@@H]1C. The Balaban J connectivity index is 1.73. The predicted molar refractivity (Wildman–Crippen MR) is 175 cm³/mol. The van der Waals surface area contributed by atoms with Crippen LogP contribution in [0, 0.1) is 31.6 Å². The number of esters is 2. The highest BCUT2D eigenvalue weighted by atomic mass is 16.5. The van der Waals surface area contributed by atoms with Gasteiger partial charge in [-0.25, -0.2) is 0 Å². The number of rotatable bonds is 7. The van der Waals surface area contributed by atoms with Gasteiger partial charge < -0.3 is 29.7 Å². The molecule has 1 fully saturated rings. The first-order chi connectivity index (χ1) is 22.1. The summed E-state index contributed by atoms with van der Waals surface area (Å²) in [5.74, 6) is -2.84. The fraction of sp³-hybridized carbons (Fsp3) is 0.333. The third-order valence-electron chi connectivity index (χ3n) is 9.84. The molecule has 1 aliphatic carbocycles. The van der Waals surface area contributed by atoms with Gasteiger partial charge in [0.15, 0.2) is 12.1 Å². The molecule has 0 saturated carbocycles. The number of aldehydes is 1. The first kappa shape index (κ1) is 30.9. The van der Waals surface area contributed by atoms with Crippen LogP contribution in [0.5, 0.6) is 0 Å². The molecule has 3 aromatic heterocycles. The molecule has 0 radical (unpaired) electrons. The van der Waals surface area contributed by atoms with Crippen LogP contribution < -0.4 is 16.0 Å². The monoisotopic (exact) mass is 622 g/mol. The molecule has 0 aromatic carbocycles. The van der Waals surface area contributed by atoms with E-state index in [0.717, 1.165) is 45.4 Å². The summed E-state index contributed by atoms with van der Waals surface area (Å²) in [4.78, 5) is 62.5. The van der Waals surface area contributed by atoms with Gasteiger partial charge in [0.2, 0.25) is 0 Å². The van der Waals surface area contributed by atoms with E-state index in [4.69, 9.17) is 9.47 Å². The molecule has 2 aliphatic heterocycles. The zero-order valence-electron chi connectivity index (χ0n) is 26.9. The maximum atomic E-state index is 14.1. The number of methoxy groups -OCH3 is 2. The van der Waals surface area contributed by atoms with Crippen molar-refractivity contribution < 1.29 is 28.7 Å². The number of ketones is 1. The molecule has 0 unspecified atom stereocenters. The molecule has 238 valence electrons. The number of Topliss-reactive ketones (excluding diaryl/α,β-unsaturated/α-hetero) is 1. The summed E-state index contributed by atoms with van der Waals surface area (Å²) >= 11 is 0. The van der Waals surface area contributed by atoms with Crippen molar-refractivity contribution in [1.29, 1.82) is 0 Å². The van der Waals surface area contributed by atoms with E-state index < -0.39 is 11.9 Å². The second-order valence-electron chi connectivity index (χ2n) is 12.1. The van der Waals surface area contributed by atoms with Crippen LogP contribution in [0.1, 0.15) is 92.4 Å². The number of fused-ring (bicyclic) bond motifs is 7. The molecule has 3 atom stereocenters. The zero-order valence-corrected chi connectivity index (χ0v) is 26.9. The Morgan fingerprint density at radius 1 is 0.957 bits per heavy atom.